The lowest BCUT2D eigenvalue weighted by Gasteiger charge is -2.13. The first kappa shape index (κ1) is 12.8. The third-order valence-corrected chi connectivity index (χ3v) is 2.57. The van der Waals surface area contributed by atoms with Crippen LogP contribution >= 0.6 is 0 Å². The van der Waals surface area contributed by atoms with Crippen molar-refractivity contribution < 1.29 is 9.47 Å². The molecule has 1 aromatic rings. The predicted octanol–water partition coefficient (Wildman–Crippen LogP) is 3.06. The third kappa shape index (κ3) is 4.51. The molecular formula is C13H21NO2. The van der Waals surface area contributed by atoms with Gasteiger partial charge >= 0.3 is 5.88 Å². The van der Waals surface area contributed by atoms with Gasteiger partial charge in [-0.1, -0.05) is 26.2 Å². The molecule has 1 aromatic heterocycles. The molecule has 0 N–H and O–H groups in total. The molecule has 0 saturated heterocycles. The van der Waals surface area contributed by atoms with Gasteiger partial charge < -0.3 is 9.94 Å². The molecule has 3 nitrogen and oxygen atoms in total. The number of pyridine rings is 1. The molecular weight excluding hydrogens is 202 g/mol. The van der Waals surface area contributed by atoms with Crippen LogP contribution in [0, 0.1) is 5.21 Å². The van der Waals surface area contributed by atoms with E-state index in [1.165, 1.54) is 31.9 Å². The topological polar surface area (TPSA) is 36.2 Å². The molecule has 0 spiro atoms. The van der Waals surface area contributed by atoms with Gasteiger partial charge in [-0.15, -0.1) is 4.73 Å². The highest BCUT2D eigenvalue weighted by Gasteiger charge is 2.09. The summed E-state index contributed by atoms with van der Waals surface area (Å²) in [5.74, 6) is 0.394. The van der Waals surface area contributed by atoms with Crippen LogP contribution in [0.15, 0.2) is 24.4 Å². The number of aromatic nitrogens is 1. The molecule has 0 aromatic carbocycles. The van der Waals surface area contributed by atoms with E-state index >= 15 is 0 Å². The summed E-state index contributed by atoms with van der Waals surface area (Å²) in [6, 6.07) is 5.22. The van der Waals surface area contributed by atoms with Gasteiger partial charge in [0.2, 0.25) is 0 Å². The van der Waals surface area contributed by atoms with Crippen molar-refractivity contribution in [3.8, 4) is 5.88 Å². The van der Waals surface area contributed by atoms with E-state index in [-0.39, 0.29) is 6.10 Å². The van der Waals surface area contributed by atoms with Crippen molar-refractivity contribution in [1.29, 1.82) is 0 Å². The second-order valence-corrected chi connectivity index (χ2v) is 4.14. The second kappa shape index (κ2) is 7.09. The molecule has 0 aliphatic heterocycles. The Morgan fingerprint density at radius 1 is 1.31 bits per heavy atom. The zero-order valence-electron chi connectivity index (χ0n) is 10.2. The van der Waals surface area contributed by atoms with Gasteiger partial charge in [0, 0.05) is 6.07 Å². The van der Waals surface area contributed by atoms with Gasteiger partial charge in [-0.3, -0.25) is 0 Å². The number of hydrogen-bond donors (Lipinski definition) is 0. The van der Waals surface area contributed by atoms with Gasteiger partial charge in [-0.2, -0.15) is 0 Å². The molecule has 0 bridgehead atoms. The Morgan fingerprint density at radius 3 is 2.81 bits per heavy atom. The minimum atomic E-state index is 0.111. The fraction of sp³-hybridized carbons (Fsp3) is 0.615. The van der Waals surface area contributed by atoms with Gasteiger partial charge in [0.1, 0.15) is 6.10 Å². The zero-order chi connectivity index (χ0) is 11.8. The van der Waals surface area contributed by atoms with Crippen LogP contribution in [0.25, 0.3) is 0 Å². The van der Waals surface area contributed by atoms with E-state index in [4.69, 9.17) is 4.74 Å². The first-order valence-corrected chi connectivity index (χ1v) is 6.09. The van der Waals surface area contributed by atoms with Crippen LogP contribution in [0.1, 0.15) is 46.0 Å². The molecule has 0 aliphatic rings. The molecule has 0 saturated carbocycles. The summed E-state index contributed by atoms with van der Waals surface area (Å²) in [7, 11) is 0. The third-order valence-electron chi connectivity index (χ3n) is 2.57. The second-order valence-electron chi connectivity index (χ2n) is 4.14. The van der Waals surface area contributed by atoms with E-state index in [2.05, 4.69) is 6.92 Å². The Kier molecular flexibility index (Phi) is 5.68. The molecule has 0 radical (unpaired) electrons. The molecule has 1 unspecified atom stereocenters. The highest BCUT2D eigenvalue weighted by Crippen LogP contribution is 2.10. The maximum atomic E-state index is 11.3. The van der Waals surface area contributed by atoms with Gasteiger partial charge in [-0.05, 0) is 25.8 Å². The van der Waals surface area contributed by atoms with Crippen molar-refractivity contribution in [2.75, 3.05) is 0 Å². The minimum absolute atomic E-state index is 0.111. The quantitative estimate of drug-likeness (QED) is 0.404. The first-order chi connectivity index (χ1) is 7.74. The Bertz CT molecular complexity index is 302. The van der Waals surface area contributed by atoms with E-state index in [1.807, 2.05) is 13.0 Å². The summed E-state index contributed by atoms with van der Waals surface area (Å²) in [5, 5.41) is 11.3. The standard InChI is InChI=1S/C13H21NO2/c1-3-4-5-6-9-12(2)16-13-10-7-8-11-14(13)15/h7-8,10-12H,3-6,9H2,1-2H3. The molecule has 1 heterocycles. The van der Waals surface area contributed by atoms with Crippen LogP contribution < -0.4 is 9.47 Å². The average molecular weight is 223 g/mol. The van der Waals surface area contributed by atoms with Crippen LogP contribution in [-0.4, -0.2) is 6.10 Å². The molecule has 16 heavy (non-hydrogen) atoms. The first-order valence-electron chi connectivity index (χ1n) is 6.09. The number of hydrogen-bond acceptors (Lipinski definition) is 2. The molecule has 90 valence electrons. The largest absolute Gasteiger partial charge is 0.616 e. The summed E-state index contributed by atoms with van der Waals surface area (Å²) in [6.45, 7) is 4.21. The van der Waals surface area contributed by atoms with Crippen molar-refractivity contribution in [3.05, 3.63) is 29.6 Å². The fourth-order valence-electron chi connectivity index (χ4n) is 1.63. The highest BCUT2D eigenvalue weighted by molar-refractivity contribution is 5.03. The SMILES string of the molecule is CCCCCCC(C)Oc1cccc[n+]1[O-]. The Balaban J connectivity index is 2.28. The summed E-state index contributed by atoms with van der Waals surface area (Å²) in [6.07, 6.45) is 7.51. The van der Waals surface area contributed by atoms with E-state index < -0.39 is 0 Å². The van der Waals surface area contributed by atoms with Crippen molar-refractivity contribution in [2.45, 2.75) is 52.1 Å². The van der Waals surface area contributed by atoms with Crippen molar-refractivity contribution in [3.63, 3.8) is 0 Å². The van der Waals surface area contributed by atoms with E-state index in [9.17, 15) is 5.21 Å². The van der Waals surface area contributed by atoms with E-state index in [0.717, 1.165) is 11.2 Å². The summed E-state index contributed by atoms with van der Waals surface area (Å²) in [5.41, 5.74) is 0. The molecule has 1 atom stereocenters. The Morgan fingerprint density at radius 2 is 2.12 bits per heavy atom. The van der Waals surface area contributed by atoms with Crippen LogP contribution in [-0.2, 0) is 0 Å². The van der Waals surface area contributed by atoms with E-state index in [0.29, 0.717) is 5.88 Å². The lowest BCUT2D eigenvalue weighted by Crippen LogP contribution is -2.30. The lowest BCUT2D eigenvalue weighted by atomic mass is 10.1. The van der Waals surface area contributed by atoms with Crippen LogP contribution in [0.5, 0.6) is 5.88 Å². The van der Waals surface area contributed by atoms with Crippen LogP contribution in [0.2, 0.25) is 0 Å². The zero-order valence-corrected chi connectivity index (χ0v) is 10.2. The summed E-state index contributed by atoms with van der Waals surface area (Å²) in [4.78, 5) is 0. The number of nitrogens with zero attached hydrogens (tertiary/aromatic N) is 1. The summed E-state index contributed by atoms with van der Waals surface area (Å²) >= 11 is 0. The number of unbranched alkanes of at least 4 members (excludes halogenated alkanes) is 3. The number of ether oxygens (including phenoxy) is 1. The predicted molar refractivity (Wildman–Crippen MR) is 64.3 cm³/mol. The fourth-order valence-corrected chi connectivity index (χ4v) is 1.63. The molecule has 0 fully saturated rings. The van der Waals surface area contributed by atoms with Crippen molar-refractivity contribution >= 4 is 0 Å². The van der Waals surface area contributed by atoms with Crippen LogP contribution in [0.4, 0.5) is 0 Å². The smallest absolute Gasteiger partial charge is 0.379 e. The Labute approximate surface area is 97.6 Å². The van der Waals surface area contributed by atoms with Gasteiger partial charge in [0.05, 0.1) is 6.07 Å². The maximum absolute atomic E-state index is 11.3. The van der Waals surface area contributed by atoms with Crippen LogP contribution in [0.3, 0.4) is 0 Å². The Hall–Kier alpha value is -1.25. The summed E-state index contributed by atoms with van der Waals surface area (Å²) < 4.78 is 6.34. The van der Waals surface area contributed by atoms with Gasteiger partial charge in [0.25, 0.3) is 0 Å². The van der Waals surface area contributed by atoms with Crippen molar-refractivity contribution in [1.82, 2.24) is 0 Å². The van der Waals surface area contributed by atoms with Gasteiger partial charge in [0.15, 0.2) is 6.20 Å². The minimum Gasteiger partial charge on any atom is -0.616 e. The average Bonchev–Trinajstić information content (AvgIpc) is 2.28. The highest BCUT2D eigenvalue weighted by atomic mass is 16.6. The molecule has 0 aliphatic carbocycles. The lowest BCUT2D eigenvalue weighted by molar-refractivity contribution is -0.613. The molecule has 0 amide bonds. The van der Waals surface area contributed by atoms with E-state index in [1.54, 1.807) is 12.1 Å². The maximum Gasteiger partial charge on any atom is 0.379 e. The van der Waals surface area contributed by atoms with Crippen molar-refractivity contribution in [2.24, 2.45) is 0 Å². The molecule has 3 heteroatoms. The molecule has 1 rings (SSSR count). The monoisotopic (exact) mass is 223 g/mol. The number of rotatable bonds is 7. The van der Waals surface area contributed by atoms with Gasteiger partial charge in [-0.25, -0.2) is 0 Å². The normalized spacial score (nSPS) is 12.4.